The molecule has 3 heteroatoms. The molecule has 1 fully saturated rings. The molecule has 17 heavy (non-hydrogen) atoms. The minimum absolute atomic E-state index is 0.400. The number of nitrogens with one attached hydrogen (secondary N) is 1. The zero-order valence-electron chi connectivity index (χ0n) is 11.7. The highest BCUT2D eigenvalue weighted by Crippen LogP contribution is 2.31. The normalized spacial score (nSPS) is 31.4. The minimum atomic E-state index is -0.623. The fraction of sp³-hybridized carbons (Fsp3) is 1.00. The molecular formula is C14H29NOS. The number of rotatable bonds is 7. The highest BCUT2D eigenvalue weighted by Gasteiger charge is 2.32. The minimum Gasteiger partial charge on any atom is -0.316 e. The average molecular weight is 259 g/mol. The Morgan fingerprint density at radius 1 is 1.24 bits per heavy atom. The summed E-state index contributed by atoms with van der Waals surface area (Å²) in [5.41, 5.74) is 0. The Balaban J connectivity index is 2.52. The van der Waals surface area contributed by atoms with Crippen LogP contribution < -0.4 is 5.32 Å². The van der Waals surface area contributed by atoms with Gasteiger partial charge in [-0.1, -0.05) is 33.1 Å². The molecule has 1 saturated carbocycles. The van der Waals surface area contributed by atoms with Gasteiger partial charge in [0.15, 0.2) is 0 Å². The summed E-state index contributed by atoms with van der Waals surface area (Å²) in [4.78, 5) is 0. The van der Waals surface area contributed by atoms with Gasteiger partial charge in [0.05, 0.1) is 5.25 Å². The maximum atomic E-state index is 12.3. The first-order chi connectivity index (χ1) is 8.22. The van der Waals surface area contributed by atoms with E-state index in [0.717, 1.165) is 24.5 Å². The summed E-state index contributed by atoms with van der Waals surface area (Å²) in [6, 6.07) is 0.487. The topological polar surface area (TPSA) is 29.1 Å². The summed E-state index contributed by atoms with van der Waals surface area (Å²) in [7, 11) is 1.40. The smallest absolute Gasteiger partial charge is 0.0503 e. The Bertz CT molecular complexity index is 232. The molecule has 0 aromatic carbocycles. The van der Waals surface area contributed by atoms with Crippen LogP contribution in [0.25, 0.3) is 0 Å². The first-order valence-corrected chi connectivity index (χ1v) is 8.65. The first-order valence-electron chi connectivity index (χ1n) is 7.27. The lowest BCUT2D eigenvalue weighted by atomic mass is 9.83. The Morgan fingerprint density at radius 2 is 2.00 bits per heavy atom. The second-order valence-electron chi connectivity index (χ2n) is 5.34. The van der Waals surface area contributed by atoms with Crippen molar-refractivity contribution in [2.45, 2.75) is 70.1 Å². The maximum Gasteiger partial charge on any atom is 0.0503 e. The van der Waals surface area contributed by atoms with E-state index in [4.69, 9.17) is 0 Å². The molecule has 1 aliphatic carbocycles. The summed E-state index contributed by atoms with van der Waals surface area (Å²) in [6.07, 6.45) is 8.56. The van der Waals surface area contributed by atoms with Crippen molar-refractivity contribution in [3.63, 3.8) is 0 Å². The molecule has 0 bridgehead atoms. The van der Waals surface area contributed by atoms with Crippen molar-refractivity contribution in [1.82, 2.24) is 5.32 Å². The van der Waals surface area contributed by atoms with Gasteiger partial charge in [-0.25, -0.2) is 0 Å². The number of hydrogen-bond donors (Lipinski definition) is 1. The summed E-state index contributed by atoms with van der Waals surface area (Å²) in [5.74, 6) is 1.72. The predicted molar refractivity (Wildman–Crippen MR) is 76.8 cm³/mol. The lowest BCUT2D eigenvalue weighted by molar-refractivity contribution is 0.292. The van der Waals surface area contributed by atoms with Crippen molar-refractivity contribution in [3.05, 3.63) is 0 Å². The molecule has 0 aromatic rings. The van der Waals surface area contributed by atoms with Crippen LogP contribution >= 0.6 is 0 Å². The van der Waals surface area contributed by atoms with Gasteiger partial charge in [-0.2, -0.15) is 0 Å². The van der Waals surface area contributed by atoms with Gasteiger partial charge in [-0.3, -0.25) is 4.21 Å². The van der Waals surface area contributed by atoms with Gasteiger partial charge in [0.1, 0.15) is 0 Å². The molecule has 102 valence electrons. The number of hydrogen-bond acceptors (Lipinski definition) is 2. The van der Waals surface area contributed by atoms with Crippen molar-refractivity contribution < 1.29 is 4.21 Å². The lowest BCUT2D eigenvalue weighted by Crippen LogP contribution is -2.45. The zero-order chi connectivity index (χ0) is 12.7. The van der Waals surface area contributed by atoms with E-state index >= 15 is 0 Å². The average Bonchev–Trinajstić information content (AvgIpc) is 2.36. The van der Waals surface area contributed by atoms with E-state index in [-0.39, 0.29) is 0 Å². The van der Waals surface area contributed by atoms with Crippen LogP contribution in [0.4, 0.5) is 0 Å². The Morgan fingerprint density at radius 3 is 2.59 bits per heavy atom. The van der Waals surface area contributed by atoms with Gasteiger partial charge in [0.25, 0.3) is 0 Å². The molecule has 4 unspecified atom stereocenters. The van der Waals surface area contributed by atoms with Gasteiger partial charge in [0, 0.05) is 22.6 Å². The van der Waals surface area contributed by atoms with E-state index in [9.17, 15) is 4.21 Å². The third kappa shape index (κ3) is 4.70. The van der Waals surface area contributed by atoms with Crippen LogP contribution in [0.5, 0.6) is 0 Å². The molecule has 0 radical (unpaired) electrons. The molecule has 0 saturated heterocycles. The van der Waals surface area contributed by atoms with E-state index in [1.165, 1.54) is 32.1 Å². The van der Waals surface area contributed by atoms with Crippen LogP contribution in [-0.4, -0.2) is 28.3 Å². The molecule has 1 N–H and O–H groups in total. The van der Waals surface area contributed by atoms with E-state index < -0.39 is 10.8 Å². The Hall–Kier alpha value is 0.110. The fourth-order valence-electron chi connectivity index (χ4n) is 2.94. The monoisotopic (exact) mass is 259 g/mol. The predicted octanol–water partition coefficient (Wildman–Crippen LogP) is 3.09. The van der Waals surface area contributed by atoms with E-state index in [2.05, 4.69) is 19.2 Å². The quantitative estimate of drug-likeness (QED) is 0.761. The second kappa shape index (κ2) is 8.25. The van der Waals surface area contributed by atoms with E-state index in [1.54, 1.807) is 0 Å². The molecule has 4 atom stereocenters. The molecule has 0 amide bonds. The van der Waals surface area contributed by atoms with Crippen LogP contribution in [0.2, 0.25) is 0 Å². The highest BCUT2D eigenvalue weighted by molar-refractivity contribution is 7.85. The first kappa shape index (κ1) is 15.2. The molecule has 1 rings (SSSR count). The molecular weight excluding hydrogens is 230 g/mol. The third-order valence-electron chi connectivity index (χ3n) is 4.00. The van der Waals surface area contributed by atoms with Crippen LogP contribution in [0.15, 0.2) is 0 Å². The summed E-state index contributed by atoms with van der Waals surface area (Å²) < 4.78 is 12.3. The molecule has 0 heterocycles. The van der Waals surface area contributed by atoms with E-state index in [1.807, 2.05) is 7.05 Å². The molecule has 0 spiro atoms. The van der Waals surface area contributed by atoms with Gasteiger partial charge in [-0.05, 0) is 38.6 Å². The van der Waals surface area contributed by atoms with Crippen molar-refractivity contribution >= 4 is 10.8 Å². The Labute approximate surface area is 109 Å². The summed E-state index contributed by atoms with van der Waals surface area (Å²) in [6.45, 7) is 4.43. The fourth-order valence-corrected chi connectivity index (χ4v) is 4.94. The van der Waals surface area contributed by atoms with Crippen LogP contribution in [0.1, 0.15) is 58.8 Å². The molecule has 2 nitrogen and oxygen atoms in total. The van der Waals surface area contributed by atoms with Crippen molar-refractivity contribution in [3.8, 4) is 0 Å². The van der Waals surface area contributed by atoms with E-state index in [0.29, 0.717) is 11.3 Å². The van der Waals surface area contributed by atoms with Crippen LogP contribution in [-0.2, 0) is 10.8 Å². The van der Waals surface area contributed by atoms with Gasteiger partial charge in [0.2, 0.25) is 0 Å². The number of unbranched alkanes of at least 4 members (excludes halogenated alkanes) is 1. The molecule has 0 aliphatic heterocycles. The van der Waals surface area contributed by atoms with Crippen molar-refractivity contribution in [2.24, 2.45) is 5.92 Å². The van der Waals surface area contributed by atoms with Gasteiger partial charge >= 0.3 is 0 Å². The molecule has 0 aromatic heterocycles. The standard InChI is InChI=1S/C14H29NOS/c1-4-6-10-17(16)14-11-12(7-5-2)8-9-13(14)15-3/h12-15H,4-11H2,1-3H3. The largest absolute Gasteiger partial charge is 0.316 e. The van der Waals surface area contributed by atoms with Gasteiger partial charge < -0.3 is 5.32 Å². The SMILES string of the molecule is CCCCS(=O)C1CC(CCC)CCC1NC. The second-order valence-corrected chi connectivity index (χ2v) is 7.12. The zero-order valence-corrected chi connectivity index (χ0v) is 12.5. The van der Waals surface area contributed by atoms with Crippen LogP contribution in [0, 0.1) is 5.92 Å². The molecule has 1 aliphatic rings. The van der Waals surface area contributed by atoms with Crippen molar-refractivity contribution in [2.75, 3.05) is 12.8 Å². The summed E-state index contributed by atoms with van der Waals surface area (Å²) in [5, 5.41) is 3.78. The summed E-state index contributed by atoms with van der Waals surface area (Å²) >= 11 is 0. The Kier molecular flexibility index (Phi) is 7.36. The maximum absolute atomic E-state index is 12.3. The highest BCUT2D eigenvalue weighted by atomic mass is 32.2. The lowest BCUT2D eigenvalue weighted by Gasteiger charge is -2.35. The van der Waals surface area contributed by atoms with Crippen LogP contribution in [0.3, 0.4) is 0 Å². The van der Waals surface area contributed by atoms with Gasteiger partial charge in [-0.15, -0.1) is 0 Å². The third-order valence-corrected chi connectivity index (χ3v) is 5.89. The van der Waals surface area contributed by atoms with Crippen molar-refractivity contribution in [1.29, 1.82) is 0 Å².